The molecule has 0 aromatic heterocycles. The molecular weight excluding hydrogens is 236 g/mol. The van der Waals surface area contributed by atoms with Crippen molar-refractivity contribution in [2.24, 2.45) is 0 Å². The molecule has 0 aliphatic heterocycles. The first-order valence-electron chi connectivity index (χ1n) is 5.56. The fourth-order valence-corrected chi connectivity index (χ4v) is 60.8. The van der Waals surface area contributed by atoms with Gasteiger partial charge in [-0.25, -0.2) is 0 Å². The van der Waals surface area contributed by atoms with Crippen molar-refractivity contribution in [3.63, 3.8) is 0 Å². The molecule has 0 aliphatic carbocycles. The minimum atomic E-state index is -1.37. The van der Waals surface area contributed by atoms with E-state index >= 15 is 0 Å². The van der Waals surface area contributed by atoms with Crippen molar-refractivity contribution >= 4 is 30.4 Å². The second-order valence-electron chi connectivity index (χ2n) is 6.22. The molecule has 86 valence electrons. The Morgan fingerprint density at radius 1 is 0.857 bits per heavy atom. The maximum Gasteiger partial charge on any atom is 0.170 e. The first kappa shape index (κ1) is 14.8. The minimum absolute atomic E-state index is 0.463. The lowest BCUT2D eigenvalue weighted by Crippen LogP contribution is -2.75. The maximum absolute atomic E-state index is 5.90. The lowest BCUT2D eigenvalue weighted by molar-refractivity contribution is 0.420. The van der Waals surface area contributed by atoms with E-state index in [1.54, 1.807) is 0 Å². The van der Waals surface area contributed by atoms with Gasteiger partial charge in [0.25, 0.3) is 0 Å². The second-order valence-corrected chi connectivity index (χ2v) is 44.7. The largest absolute Gasteiger partial charge is 0.423 e. The quantitative estimate of drug-likeness (QED) is 0.710. The molecule has 0 N–H and O–H groups in total. The topological polar surface area (TPSA) is 9.23 Å². The van der Waals surface area contributed by atoms with Gasteiger partial charge in [-0.05, 0) is 13.1 Å². The third-order valence-corrected chi connectivity index (χ3v) is 68.7. The summed E-state index contributed by atoms with van der Waals surface area (Å²) in [5.74, 6) is 0. The Morgan fingerprint density at radius 2 is 1.21 bits per heavy atom. The van der Waals surface area contributed by atoms with Crippen molar-refractivity contribution in [2.75, 3.05) is 7.11 Å². The summed E-state index contributed by atoms with van der Waals surface area (Å²) in [7, 11) is -1.95. The van der Waals surface area contributed by atoms with Crippen molar-refractivity contribution in [3.05, 3.63) is 0 Å². The molecule has 5 heteroatoms. The molecule has 0 heterocycles. The number of rotatable bonds is 4. The Morgan fingerprint density at radius 3 is 1.43 bits per heavy atom. The predicted octanol–water partition coefficient (Wildman–Crippen LogP) is 2.98. The molecule has 0 fully saturated rings. The van der Waals surface area contributed by atoms with E-state index in [0.717, 1.165) is 0 Å². The molecule has 0 rings (SSSR count). The van der Waals surface area contributed by atoms with Crippen LogP contribution >= 0.6 is 0 Å². The fourth-order valence-electron chi connectivity index (χ4n) is 1.75. The van der Waals surface area contributed by atoms with Crippen LogP contribution in [-0.4, -0.2) is 37.5 Å². The Balaban J connectivity index is 5.14. The van der Waals surface area contributed by atoms with Crippen LogP contribution in [0.4, 0.5) is 0 Å². The summed E-state index contributed by atoms with van der Waals surface area (Å²) in [6, 6.07) is 0. The Bertz CT molecular complexity index is 199. The number of hydrogen-bond donors (Lipinski definition) is 0. The summed E-state index contributed by atoms with van der Waals surface area (Å²) in [5, 5.41) is 0. The van der Waals surface area contributed by atoms with Gasteiger partial charge in [-0.3, -0.25) is 0 Å². The summed E-state index contributed by atoms with van der Waals surface area (Å²) >= 11 is 0. The zero-order valence-corrected chi connectivity index (χ0v) is 15.6. The van der Waals surface area contributed by atoms with Gasteiger partial charge in [0, 0.05) is 22.5 Å². The van der Waals surface area contributed by atoms with Crippen LogP contribution in [0.25, 0.3) is 0 Å². The van der Waals surface area contributed by atoms with Crippen molar-refractivity contribution in [2.45, 2.75) is 52.4 Å². The van der Waals surface area contributed by atoms with Gasteiger partial charge in [-0.1, -0.05) is 39.3 Å². The summed E-state index contributed by atoms with van der Waals surface area (Å²) < 4.78 is 5.90. The molecule has 0 amide bonds. The van der Waals surface area contributed by atoms with Gasteiger partial charge in [0.15, 0.2) is 7.83 Å². The van der Waals surface area contributed by atoms with Crippen LogP contribution in [0.2, 0.25) is 52.4 Å². The first-order chi connectivity index (χ1) is 6.00. The number of hydrogen-bond acceptors (Lipinski definition) is 1. The van der Waals surface area contributed by atoms with E-state index in [1.165, 1.54) is 0 Å². The molecule has 0 aromatic carbocycles. The van der Waals surface area contributed by atoms with Crippen molar-refractivity contribution in [1.82, 2.24) is 0 Å². The van der Waals surface area contributed by atoms with E-state index in [4.69, 9.17) is 4.43 Å². The maximum atomic E-state index is 5.90. The van der Waals surface area contributed by atoms with E-state index in [-0.39, 0.29) is 0 Å². The summed E-state index contributed by atoms with van der Waals surface area (Å²) in [5.41, 5.74) is 0. The van der Waals surface area contributed by atoms with Gasteiger partial charge >= 0.3 is 0 Å². The molecule has 0 unspecified atom stereocenters. The van der Waals surface area contributed by atoms with E-state index in [9.17, 15) is 0 Å². The second kappa shape index (κ2) is 4.37. The van der Waals surface area contributed by atoms with Gasteiger partial charge in [-0.15, -0.1) is 0 Å². The smallest absolute Gasteiger partial charge is 0.170 e. The SMILES string of the molecule is CO[Si](C)(C)[Si](C)(C)[Si](C)(C)[SiH](C)C. The zero-order chi connectivity index (χ0) is 11.8. The Hall–Kier alpha value is 0.828. The molecule has 0 bridgehead atoms. The van der Waals surface area contributed by atoms with Gasteiger partial charge in [0.2, 0.25) is 0 Å². The molecule has 0 atom stereocenters. The Labute approximate surface area is 94.4 Å². The van der Waals surface area contributed by atoms with Crippen LogP contribution in [-0.2, 0) is 4.43 Å². The fraction of sp³-hybridized carbons (Fsp3) is 1.00. The molecule has 0 aromatic rings. The minimum Gasteiger partial charge on any atom is -0.423 e. The lowest BCUT2D eigenvalue weighted by atomic mass is 11.8. The highest BCUT2D eigenvalue weighted by Crippen LogP contribution is 2.30. The molecule has 0 saturated heterocycles. The molecule has 1 nitrogen and oxygen atoms in total. The Kier molecular flexibility index (Phi) is 4.62. The van der Waals surface area contributed by atoms with E-state index in [1.807, 2.05) is 7.11 Å². The van der Waals surface area contributed by atoms with Crippen LogP contribution < -0.4 is 0 Å². The van der Waals surface area contributed by atoms with Gasteiger partial charge in [0.1, 0.15) is 0 Å². The molecule has 14 heavy (non-hydrogen) atoms. The molecule has 0 radical (unpaired) electrons. The van der Waals surface area contributed by atoms with Gasteiger partial charge in [0.05, 0.1) is 7.11 Å². The van der Waals surface area contributed by atoms with E-state index in [2.05, 4.69) is 52.4 Å². The standard InChI is InChI=1S/C9H28OSi4/c1-10-12(4,5)14(8,9)13(6,7)11(2)3/h11H,1-9H3. The highest BCUT2D eigenvalue weighted by Gasteiger charge is 2.54. The average Bonchev–Trinajstić information content (AvgIpc) is 2.03. The molecule has 0 spiro atoms. The highest BCUT2D eigenvalue weighted by molar-refractivity contribution is 7.79. The summed E-state index contributed by atoms with van der Waals surface area (Å²) in [6.07, 6.45) is 0. The van der Waals surface area contributed by atoms with E-state index < -0.39 is 30.4 Å². The third kappa shape index (κ3) is 2.32. The van der Waals surface area contributed by atoms with Gasteiger partial charge in [-0.2, -0.15) is 0 Å². The zero-order valence-electron chi connectivity index (χ0n) is 11.5. The third-order valence-electron chi connectivity index (χ3n) is 5.07. The van der Waals surface area contributed by atoms with Crippen LogP contribution in [0.1, 0.15) is 0 Å². The molecule has 0 saturated carbocycles. The van der Waals surface area contributed by atoms with Crippen LogP contribution in [0.5, 0.6) is 0 Å². The van der Waals surface area contributed by atoms with Crippen LogP contribution in [0.15, 0.2) is 0 Å². The van der Waals surface area contributed by atoms with Crippen molar-refractivity contribution in [1.29, 1.82) is 0 Å². The van der Waals surface area contributed by atoms with E-state index in [0.29, 0.717) is 0 Å². The molecule has 0 aliphatic rings. The summed E-state index contributed by atoms with van der Waals surface area (Å²) in [4.78, 5) is 0. The lowest BCUT2D eigenvalue weighted by Gasteiger charge is -2.48. The monoisotopic (exact) mass is 264 g/mol. The van der Waals surface area contributed by atoms with Gasteiger partial charge < -0.3 is 4.43 Å². The normalized spacial score (nSPS) is 15.0. The van der Waals surface area contributed by atoms with Crippen LogP contribution in [0.3, 0.4) is 0 Å². The average molecular weight is 265 g/mol. The van der Waals surface area contributed by atoms with Crippen molar-refractivity contribution in [3.8, 4) is 0 Å². The van der Waals surface area contributed by atoms with Crippen molar-refractivity contribution < 1.29 is 4.43 Å². The van der Waals surface area contributed by atoms with Crippen LogP contribution in [0, 0.1) is 0 Å². The first-order valence-corrected chi connectivity index (χ1v) is 20.6. The molecular formula is C9H28OSi4. The highest BCUT2D eigenvalue weighted by atomic mass is 29.8. The predicted molar refractivity (Wildman–Crippen MR) is 78.3 cm³/mol. The summed E-state index contributed by atoms with van der Waals surface area (Å²) in [6.45, 7) is 20.4.